The number of rotatable bonds is 3. The molecule has 0 amide bonds. The van der Waals surface area contributed by atoms with Crippen LogP contribution in [0, 0.1) is 0 Å². The molecule has 1 rings (SSSR count). The topological polar surface area (TPSA) is 72.5 Å². The second kappa shape index (κ2) is 5.47. The van der Waals surface area contributed by atoms with Gasteiger partial charge in [-0.05, 0) is 11.6 Å². The van der Waals surface area contributed by atoms with Crippen LogP contribution in [0.15, 0.2) is 18.2 Å². The van der Waals surface area contributed by atoms with E-state index in [9.17, 15) is 4.79 Å². The van der Waals surface area contributed by atoms with Crippen LogP contribution in [0.2, 0.25) is 0 Å². The fraction of sp³-hybridized carbons (Fsp3) is 0.222. The Morgan fingerprint density at radius 2 is 2.21 bits per heavy atom. The van der Waals surface area contributed by atoms with Gasteiger partial charge in [0.1, 0.15) is 0 Å². The first kappa shape index (κ1) is 12.7. The van der Waals surface area contributed by atoms with Crippen molar-refractivity contribution in [1.29, 1.82) is 0 Å². The van der Waals surface area contributed by atoms with Gasteiger partial charge in [0, 0.05) is 12.8 Å². The van der Waals surface area contributed by atoms with E-state index in [1.807, 2.05) is 0 Å². The summed E-state index contributed by atoms with van der Waals surface area (Å²) in [6.07, 6.45) is 0. The largest absolute Gasteiger partial charge is 0.478 e. The number of benzene rings is 1. The third kappa shape index (κ3) is 2.61. The van der Waals surface area contributed by atoms with Gasteiger partial charge in [0.15, 0.2) is 0 Å². The average molecular weight is 218 g/mol. The zero-order chi connectivity index (χ0) is 9.84. The molecule has 78 valence electrons. The van der Waals surface area contributed by atoms with Gasteiger partial charge in [0.05, 0.1) is 12.2 Å². The molecule has 0 radical (unpaired) electrons. The lowest BCUT2D eigenvalue weighted by atomic mass is 10.1. The first-order valence-electron chi connectivity index (χ1n) is 3.76. The Morgan fingerprint density at radius 3 is 2.71 bits per heavy atom. The third-order valence-corrected chi connectivity index (χ3v) is 1.70. The number of hydrogen-bond donors (Lipinski definition) is 2. The lowest BCUT2D eigenvalue weighted by molar-refractivity contribution is 0.0693. The normalized spacial score (nSPS) is 9.21. The van der Waals surface area contributed by atoms with Crippen molar-refractivity contribution in [3.8, 4) is 0 Å². The monoisotopic (exact) mass is 217 g/mol. The van der Waals surface area contributed by atoms with Crippen molar-refractivity contribution < 1.29 is 14.6 Å². The summed E-state index contributed by atoms with van der Waals surface area (Å²) in [7, 11) is 1.51. The lowest BCUT2D eigenvalue weighted by Gasteiger charge is -2.06. The predicted octanol–water partition coefficient (Wildman–Crippen LogP) is 1.54. The number of anilines is 1. The first-order chi connectivity index (χ1) is 6.16. The zero-order valence-electron chi connectivity index (χ0n) is 7.69. The van der Waals surface area contributed by atoms with E-state index in [2.05, 4.69) is 0 Å². The molecule has 0 heterocycles. The van der Waals surface area contributed by atoms with E-state index in [1.165, 1.54) is 7.11 Å². The fourth-order valence-electron chi connectivity index (χ4n) is 1.16. The van der Waals surface area contributed by atoms with Gasteiger partial charge in [-0.25, -0.2) is 4.79 Å². The summed E-state index contributed by atoms with van der Waals surface area (Å²) in [5.74, 6) is -1.02. The van der Waals surface area contributed by atoms with E-state index in [0.717, 1.165) is 0 Å². The van der Waals surface area contributed by atoms with Gasteiger partial charge in [-0.2, -0.15) is 0 Å². The van der Waals surface area contributed by atoms with Gasteiger partial charge < -0.3 is 15.6 Å². The second-order valence-electron chi connectivity index (χ2n) is 2.62. The van der Waals surface area contributed by atoms with Gasteiger partial charge in [-0.3, -0.25) is 0 Å². The summed E-state index contributed by atoms with van der Waals surface area (Å²) in [6, 6.07) is 4.95. The van der Waals surface area contributed by atoms with E-state index in [-0.39, 0.29) is 30.3 Å². The maximum Gasteiger partial charge on any atom is 0.338 e. The minimum absolute atomic E-state index is 0. The average Bonchev–Trinajstić information content (AvgIpc) is 2.04. The minimum atomic E-state index is -1.02. The Hall–Kier alpha value is -1.26. The molecule has 5 heteroatoms. The summed E-state index contributed by atoms with van der Waals surface area (Å²) in [4.78, 5) is 10.8. The molecule has 0 aliphatic rings. The Balaban J connectivity index is 0.00000169. The highest BCUT2D eigenvalue weighted by Gasteiger charge is 2.12. The molecule has 1 aromatic carbocycles. The van der Waals surface area contributed by atoms with Crippen molar-refractivity contribution >= 4 is 24.1 Å². The van der Waals surface area contributed by atoms with Crippen LogP contribution in [-0.4, -0.2) is 18.2 Å². The van der Waals surface area contributed by atoms with Crippen LogP contribution < -0.4 is 5.73 Å². The molecule has 0 bridgehead atoms. The highest BCUT2D eigenvalue weighted by Crippen LogP contribution is 2.17. The Labute approximate surface area is 88.1 Å². The molecule has 0 saturated carbocycles. The summed E-state index contributed by atoms with van der Waals surface area (Å²) in [6.45, 7) is 0.257. The number of nitrogens with two attached hydrogens (primary N) is 1. The summed E-state index contributed by atoms with van der Waals surface area (Å²) < 4.78 is 4.85. The van der Waals surface area contributed by atoms with Crippen LogP contribution in [0.3, 0.4) is 0 Å². The number of carboxylic acid groups (broad SMARTS) is 1. The van der Waals surface area contributed by atoms with Crippen LogP contribution in [0.4, 0.5) is 5.69 Å². The number of halogens is 1. The van der Waals surface area contributed by atoms with Crippen LogP contribution in [0.25, 0.3) is 0 Å². The van der Waals surface area contributed by atoms with Crippen molar-refractivity contribution in [1.82, 2.24) is 0 Å². The van der Waals surface area contributed by atoms with E-state index >= 15 is 0 Å². The van der Waals surface area contributed by atoms with Gasteiger partial charge in [-0.1, -0.05) is 12.1 Å². The Morgan fingerprint density at radius 1 is 1.57 bits per heavy atom. The van der Waals surface area contributed by atoms with Crippen LogP contribution in [-0.2, 0) is 11.3 Å². The third-order valence-electron chi connectivity index (χ3n) is 1.70. The predicted molar refractivity (Wildman–Crippen MR) is 55.8 cm³/mol. The lowest BCUT2D eigenvalue weighted by Crippen LogP contribution is -2.07. The maximum absolute atomic E-state index is 10.8. The van der Waals surface area contributed by atoms with Crippen molar-refractivity contribution in [3.63, 3.8) is 0 Å². The highest BCUT2D eigenvalue weighted by molar-refractivity contribution is 5.95. The number of carboxylic acids is 1. The van der Waals surface area contributed by atoms with Crippen molar-refractivity contribution in [2.24, 2.45) is 0 Å². The molecular formula is C9H12ClNO3. The molecule has 0 aromatic heterocycles. The number of hydrogen-bond acceptors (Lipinski definition) is 3. The summed E-state index contributed by atoms with van der Waals surface area (Å²) in [5.41, 5.74) is 6.50. The molecule has 0 atom stereocenters. The van der Waals surface area contributed by atoms with Crippen LogP contribution in [0.5, 0.6) is 0 Å². The molecule has 0 saturated heterocycles. The SMILES string of the molecule is COCc1cccc(N)c1C(=O)O.Cl. The van der Waals surface area contributed by atoms with Gasteiger partial charge in [0.25, 0.3) is 0 Å². The van der Waals surface area contributed by atoms with Gasteiger partial charge in [0.2, 0.25) is 0 Å². The molecule has 4 nitrogen and oxygen atoms in total. The number of aromatic carboxylic acids is 1. The molecule has 1 aromatic rings. The second-order valence-corrected chi connectivity index (χ2v) is 2.62. The van der Waals surface area contributed by atoms with Crippen LogP contribution >= 0.6 is 12.4 Å². The number of ether oxygens (including phenoxy) is 1. The first-order valence-corrected chi connectivity index (χ1v) is 3.76. The number of nitrogen functional groups attached to an aromatic ring is 1. The Kier molecular flexibility index (Phi) is 4.97. The van der Waals surface area contributed by atoms with E-state index in [4.69, 9.17) is 15.6 Å². The number of carbonyl (C=O) groups is 1. The Bertz CT molecular complexity index is 328. The summed E-state index contributed by atoms with van der Waals surface area (Å²) in [5, 5.41) is 8.84. The molecule has 3 N–H and O–H groups in total. The molecular weight excluding hydrogens is 206 g/mol. The van der Waals surface area contributed by atoms with Gasteiger partial charge >= 0.3 is 5.97 Å². The van der Waals surface area contributed by atoms with E-state index < -0.39 is 5.97 Å². The van der Waals surface area contributed by atoms with E-state index in [0.29, 0.717) is 5.56 Å². The fourth-order valence-corrected chi connectivity index (χ4v) is 1.16. The molecule has 0 aliphatic heterocycles. The quantitative estimate of drug-likeness (QED) is 0.754. The maximum atomic E-state index is 10.8. The molecule has 0 fully saturated rings. The molecule has 14 heavy (non-hydrogen) atoms. The smallest absolute Gasteiger partial charge is 0.338 e. The van der Waals surface area contributed by atoms with Crippen molar-refractivity contribution in [2.75, 3.05) is 12.8 Å². The standard InChI is InChI=1S/C9H11NO3.ClH/c1-13-5-6-3-2-4-7(10)8(6)9(11)12;/h2-4H,5,10H2,1H3,(H,11,12);1H. The van der Waals surface area contributed by atoms with E-state index in [1.54, 1.807) is 18.2 Å². The molecule has 0 aliphatic carbocycles. The van der Waals surface area contributed by atoms with Crippen molar-refractivity contribution in [3.05, 3.63) is 29.3 Å². The minimum Gasteiger partial charge on any atom is -0.478 e. The zero-order valence-corrected chi connectivity index (χ0v) is 8.50. The van der Waals surface area contributed by atoms with Crippen LogP contribution in [0.1, 0.15) is 15.9 Å². The summed E-state index contributed by atoms with van der Waals surface area (Å²) >= 11 is 0. The van der Waals surface area contributed by atoms with Gasteiger partial charge in [-0.15, -0.1) is 12.4 Å². The van der Waals surface area contributed by atoms with Crippen molar-refractivity contribution in [2.45, 2.75) is 6.61 Å². The number of methoxy groups -OCH3 is 1. The molecule has 0 spiro atoms. The molecule has 0 unspecified atom stereocenters. The highest BCUT2D eigenvalue weighted by atomic mass is 35.5.